The van der Waals surface area contributed by atoms with Crippen LogP contribution in [0.3, 0.4) is 0 Å². The van der Waals surface area contributed by atoms with Crippen LogP contribution in [0.4, 0.5) is 13.2 Å². The Kier molecular flexibility index (Phi) is 5.27. The maximum absolute atomic E-state index is 12.8. The molecule has 0 radical (unpaired) electrons. The van der Waals surface area contributed by atoms with Crippen LogP contribution in [0.2, 0.25) is 0 Å². The van der Waals surface area contributed by atoms with E-state index in [1.54, 1.807) is 4.90 Å². The van der Waals surface area contributed by atoms with Crippen molar-refractivity contribution in [3.8, 4) is 0 Å². The summed E-state index contributed by atoms with van der Waals surface area (Å²) in [6.45, 7) is 3.78. The Bertz CT molecular complexity index is 429. The number of alkyl halides is 3. The second-order valence-electron chi connectivity index (χ2n) is 5.71. The van der Waals surface area contributed by atoms with Crippen LogP contribution < -0.4 is 5.32 Å². The first-order chi connectivity index (χ1) is 9.92. The van der Waals surface area contributed by atoms with Crippen molar-refractivity contribution in [1.82, 2.24) is 10.2 Å². The zero-order valence-corrected chi connectivity index (χ0v) is 12.5. The zero-order valence-electron chi connectivity index (χ0n) is 12.5. The maximum Gasteiger partial charge on any atom is 0.401 e. The van der Waals surface area contributed by atoms with Crippen molar-refractivity contribution >= 4 is 0 Å². The van der Waals surface area contributed by atoms with Crippen molar-refractivity contribution in [2.45, 2.75) is 51.0 Å². The van der Waals surface area contributed by atoms with Crippen LogP contribution in [0.25, 0.3) is 0 Å². The van der Waals surface area contributed by atoms with Crippen LogP contribution in [-0.4, -0.2) is 36.2 Å². The van der Waals surface area contributed by atoms with Gasteiger partial charge in [-0.3, -0.25) is 4.90 Å². The minimum absolute atomic E-state index is 0.0755. The standard InChI is InChI=1S/C16H23F3N2/c1-3-20-15(13-7-5-4-6-8-13)12(2)21(14-9-10-14)11-16(17,18)19/h4-8,12,14-15,20H,3,9-11H2,1-2H3. The highest BCUT2D eigenvalue weighted by molar-refractivity contribution is 5.21. The number of nitrogens with one attached hydrogen (secondary N) is 1. The van der Waals surface area contributed by atoms with E-state index in [1.165, 1.54) is 0 Å². The Morgan fingerprint density at radius 2 is 1.86 bits per heavy atom. The summed E-state index contributed by atoms with van der Waals surface area (Å²) in [5.41, 5.74) is 1.04. The second kappa shape index (κ2) is 6.79. The van der Waals surface area contributed by atoms with E-state index in [0.717, 1.165) is 24.9 Å². The molecule has 1 fully saturated rings. The number of hydrogen-bond donors (Lipinski definition) is 1. The molecule has 0 saturated heterocycles. The van der Waals surface area contributed by atoms with Gasteiger partial charge in [0, 0.05) is 18.1 Å². The largest absolute Gasteiger partial charge is 0.401 e. The van der Waals surface area contributed by atoms with Crippen LogP contribution in [0.15, 0.2) is 30.3 Å². The fourth-order valence-electron chi connectivity index (χ4n) is 2.86. The van der Waals surface area contributed by atoms with E-state index in [0.29, 0.717) is 0 Å². The number of nitrogens with zero attached hydrogens (tertiary/aromatic N) is 1. The van der Waals surface area contributed by atoms with Gasteiger partial charge in [-0.2, -0.15) is 13.2 Å². The Labute approximate surface area is 124 Å². The van der Waals surface area contributed by atoms with E-state index < -0.39 is 12.7 Å². The normalized spacial score (nSPS) is 18.8. The molecule has 0 spiro atoms. The summed E-state index contributed by atoms with van der Waals surface area (Å²) in [5, 5.41) is 3.34. The van der Waals surface area contributed by atoms with E-state index in [1.807, 2.05) is 44.2 Å². The van der Waals surface area contributed by atoms with Crippen molar-refractivity contribution in [2.75, 3.05) is 13.1 Å². The summed E-state index contributed by atoms with van der Waals surface area (Å²) in [6, 6.07) is 9.53. The van der Waals surface area contributed by atoms with Gasteiger partial charge < -0.3 is 5.32 Å². The number of hydrogen-bond acceptors (Lipinski definition) is 2. The highest BCUT2D eigenvalue weighted by atomic mass is 19.4. The van der Waals surface area contributed by atoms with Crippen LogP contribution in [0, 0.1) is 0 Å². The summed E-state index contributed by atoms with van der Waals surface area (Å²) in [5.74, 6) is 0. The Morgan fingerprint density at radius 1 is 1.24 bits per heavy atom. The Morgan fingerprint density at radius 3 is 2.33 bits per heavy atom. The number of halogens is 3. The fraction of sp³-hybridized carbons (Fsp3) is 0.625. The van der Waals surface area contributed by atoms with Gasteiger partial charge in [0.1, 0.15) is 0 Å². The third kappa shape index (κ3) is 4.71. The topological polar surface area (TPSA) is 15.3 Å². The lowest BCUT2D eigenvalue weighted by atomic mass is 9.98. The van der Waals surface area contributed by atoms with Crippen molar-refractivity contribution in [3.05, 3.63) is 35.9 Å². The highest BCUT2D eigenvalue weighted by Gasteiger charge is 2.42. The highest BCUT2D eigenvalue weighted by Crippen LogP contribution is 2.35. The molecule has 118 valence electrons. The van der Waals surface area contributed by atoms with E-state index >= 15 is 0 Å². The quantitative estimate of drug-likeness (QED) is 0.825. The van der Waals surface area contributed by atoms with Crippen molar-refractivity contribution in [2.24, 2.45) is 0 Å². The molecule has 0 heterocycles. The molecule has 1 aliphatic carbocycles. The second-order valence-corrected chi connectivity index (χ2v) is 5.71. The molecule has 2 nitrogen and oxygen atoms in total. The fourth-order valence-corrected chi connectivity index (χ4v) is 2.86. The van der Waals surface area contributed by atoms with Gasteiger partial charge in [0.25, 0.3) is 0 Å². The zero-order chi connectivity index (χ0) is 15.5. The first kappa shape index (κ1) is 16.3. The molecule has 0 bridgehead atoms. The Hall–Kier alpha value is -1.07. The van der Waals surface area contributed by atoms with Crippen LogP contribution in [0.1, 0.15) is 38.3 Å². The molecule has 2 rings (SSSR count). The molecular weight excluding hydrogens is 277 g/mol. The average Bonchev–Trinajstić information content (AvgIpc) is 3.26. The predicted octanol–water partition coefficient (Wildman–Crippen LogP) is 3.75. The third-order valence-corrected chi connectivity index (χ3v) is 3.97. The summed E-state index contributed by atoms with van der Waals surface area (Å²) < 4.78 is 38.5. The summed E-state index contributed by atoms with van der Waals surface area (Å²) in [7, 11) is 0. The molecule has 0 amide bonds. The molecule has 1 saturated carbocycles. The molecule has 1 N–H and O–H groups in total. The van der Waals surface area contributed by atoms with Gasteiger partial charge in [0.05, 0.1) is 6.54 Å². The number of rotatable bonds is 7. The molecule has 1 aliphatic rings. The average molecular weight is 300 g/mol. The smallest absolute Gasteiger partial charge is 0.309 e. The third-order valence-electron chi connectivity index (χ3n) is 3.97. The summed E-state index contributed by atoms with van der Waals surface area (Å²) in [6.07, 6.45) is -2.41. The van der Waals surface area contributed by atoms with Crippen molar-refractivity contribution in [3.63, 3.8) is 0 Å². The lowest BCUT2D eigenvalue weighted by Gasteiger charge is -2.36. The molecule has 2 atom stereocenters. The summed E-state index contributed by atoms with van der Waals surface area (Å²) in [4.78, 5) is 1.61. The first-order valence-electron chi connectivity index (χ1n) is 7.53. The number of benzene rings is 1. The van der Waals surface area contributed by atoms with E-state index in [9.17, 15) is 13.2 Å². The van der Waals surface area contributed by atoms with Gasteiger partial charge in [0.15, 0.2) is 0 Å². The molecular formula is C16H23F3N2. The lowest BCUT2D eigenvalue weighted by Crippen LogP contribution is -2.48. The van der Waals surface area contributed by atoms with Crippen molar-refractivity contribution in [1.29, 1.82) is 0 Å². The van der Waals surface area contributed by atoms with Crippen LogP contribution >= 0.6 is 0 Å². The minimum Gasteiger partial charge on any atom is -0.309 e. The monoisotopic (exact) mass is 300 g/mol. The van der Waals surface area contributed by atoms with Crippen LogP contribution in [0.5, 0.6) is 0 Å². The lowest BCUT2D eigenvalue weighted by molar-refractivity contribution is -0.153. The van der Waals surface area contributed by atoms with Gasteiger partial charge in [-0.1, -0.05) is 37.3 Å². The molecule has 0 aromatic heterocycles. The molecule has 5 heteroatoms. The SMILES string of the molecule is CCNC(c1ccccc1)C(C)N(CC(F)(F)F)C1CC1. The van der Waals surface area contributed by atoms with E-state index in [2.05, 4.69) is 5.32 Å². The number of likely N-dealkylation sites (N-methyl/N-ethyl adjacent to an activating group) is 1. The van der Waals surface area contributed by atoms with E-state index in [4.69, 9.17) is 0 Å². The molecule has 1 aromatic carbocycles. The van der Waals surface area contributed by atoms with E-state index in [-0.39, 0.29) is 18.1 Å². The maximum atomic E-state index is 12.8. The van der Waals surface area contributed by atoms with Gasteiger partial charge >= 0.3 is 6.18 Å². The van der Waals surface area contributed by atoms with Gasteiger partial charge in [-0.25, -0.2) is 0 Å². The van der Waals surface area contributed by atoms with Crippen molar-refractivity contribution < 1.29 is 13.2 Å². The first-order valence-corrected chi connectivity index (χ1v) is 7.53. The minimum atomic E-state index is -4.15. The van der Waals surface area contributed by atoms with Gasteiger partial charge in [-0.15, -0.1) is 0 Å². The molecule has 2 unspecified atom stereocenters. The molecule has 0 aliphatic heterocycles. The van der Waals surface area contributed by atoms with Gasteiger partial charge in [0.2, 0.25) is 0 Å². The Balaban J connectivity index is 2.17. The van der Waals surface area contributed by atoms with Crippen LogP contribution in [-0.2, 0) is 0 Å². The predicted molar refractivity (Wildman–Crippen MR) is 78.1 cm³/mol. The molecule has 1 aromatic rings. The summed E-state index contributed by atoms with van der Waals surface area (Å²) >= 11 is 0. The van der Waals surface area contributed by atoms with Gasteiger partial charge in [-0.05, 0) is 31.9 Å². The molecule has 21 heavy (non-hydrogen) atoms.